The summed E-state index contributed by atoms with van der Waals surface area (Å²) in [6.45, 7) is 4.29. The number of nitrogens with zero attached hydrogens (tertiary/aromatic N) is 2. The standard InChI is InChI=1S/C20H18BrN5O2/c1-11-7-14(3-4-16(11)21)24-19-15-5-6-28-18(15)8-17(25-19)20(27)22-9-13-10-23-26-12(13)2/h3-8,10H,9H2,1-2H3,(H,22,27)(H,23,26)(H,24,25). The first-order valence-electron chi connectivity index (χ1n) is 8.70. The number of halogens is 1. The van der Waals surface area contributed by atoms with Crippen LogP contribution in [0.1, 0.15) is 27.3 Å². The molecule has 3 heterocycles. The maximum Gasteiger partial charge on any atom is 0.270 e. The average molecular weight is 440 g/mol. The third-order valence-electron chi connectivity index (χ3n) is 4.48. The molecule has 1 amide bonds. The van der Waals surface area contributed by atoms with Crippen LogP contribution in [0.2, 0.25) is 0 Å². The lowest BCUT2D eigenvalue weighted by Gasteiger charge is -2.10. The number of amides is 1. The molecular weight excluding hydrogens is 422 g/mol. The van der Waals surface area contributed by atoms with E-state index < -0.39 is 0 Å². The second-order valence-corrected chi connectivity index (χ2v) is 7.33. The van der Waals surface area contributed by atoms with E-state index in [9.17, 15) is 4.79 Å². The van der Waals surface area contributed by atoms with Crippen LogP contribution in [0.5, 0.6) is 0 Å². The van der Waals surface area contributed by atoms with E-state index in [2.05, 4.69) is 41.7 Å². The number of carbonyl (C=O) groups is 1. The molecule has 0 aliphatic carbocycles. The van der Waals surface area contributed by atoms with Crippen LogP contribution in [-0.2, 0) is 6.54 Å². The van der Waals surface area contributed by atoms with Gasteiger partial charge in [0.1, 0.15) is 17.1 Å². The van der Waals surface area contributed by atoms with Gasteiger partial charge in [-0.3, -0.25) is 9.89 Å². The zero-order valence-electron chi connectivity index (χ0n) is 15.3. The molecule has 28 heavy (non-hydrogen) atoms. The number of aromatic nitrogens is 3. The molecule has 0 saturated carbocycles. The van der Waals surface area contributed by atoms with Gasteiger partial charge in [-0.2, -0.15) is 5.10 Å². The molecule has 0 spiro atoms. The molecule has 0 bridgehead atoms. The molecule has 1 aromatic carbocycles. The van der Waals surface area contributed by atoms with Gasteiger partial charge >= 0.3 is 0 Å². The first kappa shape index (κ1) is 18.2. The quantitative estimate of drug-likeness (QED) is 0.422. The van der Waals surface area contributed by atoms with Gasteiger partial charge in [0.25, 0.3) is 5.91 Å². The molecule has 0 radical (unpaired) electrons. The zero-order valence-corrected chi connectivity index (χ0v) is 16.9. The maximum absolute atomic E-state index is 12.6. The number of hydrogen-bond donors (Lipinski definition) is 3. The van der Waals surface area contributed by atoms with E-state index in [1.54, 1.807) is 18.5 Å². The maximum atomic E-state index is 12.6. The van der Waals surface area contributed by atoms with Crippen molar-refractivity contribution in [3.05, 3.63) is 69.8 Å². The Morgan fingerprint density at radius 3 is 2.86 bits per heavy atom. The minimum Gasteiger partial charge on any atom is -0.464 e. The number of aromatic amines is 1. The number of pyridine rings is 1. The Balaban J connectivity index is 1.61. The van der Waals surface area contributed by atoms with Gasteiger partial charge in [-0.25, -0.2) is 4.98 Å². The van der Waals surface area contributed by atoms with Crippen LogP contribution in [0.25, 0.3) is 11.0 Å². The monoisotopic (exact) mass is 439 g/mol. The third kappa shape index (κ3) is 3.63. The van der Waals surface area contributed by atoms with Gasteiger partial charge < -0.3 is 15.1 Å². The molecule has 0 atom stereocenters. The molecule has 7 nitrogen and oxygen atoms in total. The summed E-state index contributed by atoms with van der Waals surface area (Å²) in [7, 11) is 0. The summed E-state index contributed by atoms with van der Waals surface area (Å²) < 4.78 is 6.55. The fourth-order valence-corrected chi connectivity index (χ4v) is 3.10. The largest absolute Gasteiger partial charge is 0.464 e. The minimum absolute atomic E-state index is 0.278. The lowest BCUT2D eigenvalue weighted by atomic mass is 10.2. The Kier molecular flexibility index (Phi) is 4.87. The number of benzene rings is 1. The van der Waals surface area contributed by atoms with Crippen LogP contribution >= 0.6 is 15.9 Å². The van der Waals surface area contributed by atoms with E-state index in [4.69, 9.17) is 4.42 Å². The van der Waals surface area contributed by atoms with Crippen molar-refractivity contribution in [2.45, 2.75) is 20.4 Å². The van der Waals surface area contributed by atoms with Crippen LogP contribution in [-0.4, -0.2) is 21.1 Å². The zero-order chi connectivity index (χ0) is 19.7. The Labute approximate surface area is 169 Å². The van der Waals surface area contributed by atoms with Crippen LogP contribution in [0, 0.1) is 13.8 Å². The van der Waals surface area contributed by atoms with Gasteiger partial charge in [-0.15, -0.1) is 0 Å². The van der Waals surface area contributed by atoms with Gasteiger partial charge in [-0.1, -0.05) is 15.9 Å². The fraction of sp³-hybridized carbons (Fsp3) is 0.150. The molecule has 0 aliphatic heterocycles. The smallest absolute Gasteiger partial charge is 0.270 e. The van der Waals surface area contributed by atoms with Gasteiger partial charge in [0.15, 0.2) is 0 Å². The molecule has 0 aliphatic rings. The van der Waals surface area contributed by atoms with Crippen molar-refractivity contribution in [1.29, 1.82) is 0 Å². The normalized spacial score (nSPS) is 11.0. The summed E-state index contributed by atoms with van der Waals surface area (Å²) in [5.74, 6) is 0.284. The van der Waals surface area contributed by atoms with Crippen LogP contribution < -0.4 is 10.6 Å². The summed E-state index contributed by atoms with van der Waals surface area (Å²) in [6.07, 6.45) is 3.28. The number of anilines is 2. The minimum atomic E-state index is -0.283. The predicted molar refractivity (Wildman–Crippen MR) is 111 cm³/mol. The summed E-state index contributed by atoms with van der Waals surface area (Å²) >= 11 is 3.50. The molecule has 4 rings (SSSR count). The lowest BCUT2D eigenvalue weighted by Crippen LogP contribution is -2.24. The molecular formula is C20H18BrN5O2. The second kappa shape index (κ2) is 7.47. The third-order valence-corrected chi connectivity index (χ3v) is 5.37. The first-order valence-corrected chi connectivity index (χ1v) is 9.49. The van der Waals surface area contributed by atoms with Crippen LogP contribution in [0.15, 0.2) is 51.7 Å². The molecule has 4 aromatic rings. The average Bonchev–Trinajstić information content (AvgIpc) is 3.31. The summed E-state index contributed by atoms with van der Waals surface area (Å²) in [4.78, 5) is 17.2. The van der Waals surface area contributed by atoms with Crippen molar-refractivity contribution >= 4 is 44.3 Å². The van der Waals surface area contributed by atoms with Gasteiger partial charge in [-0.05, 0) is 43.7 Å². The number of aryl methyl sites for hydroxylation is 2. The Morgan fingerprint density at radius 1 is 1.25 bits per heavy atom. The topological polar surface area (TPSA) is 95.8 Å². The van der Waals surface area contributed by atoms with Crippen molar-refractivity contribution in [3.8, 4) is 0 Å². The highest BCUT2D eigenvalue weighted by molar-refractivity contribution is 9.10. The van der Waals surface area contributed by atoms with E-state index in [1.807, 2.05) is 38.1 Å². The van der Waals surface area contributed by atoms with Crippen molar-refractivity contribution in [1.82, 2.24) is 20.5 Å². The second-order valence-electron chi connectivity index (χ2n) is 6.48. The number of rotatable bonds is 5. The molecule has 3 aromatic heterocycles. The van der Waals surface area contributed by atoms with E-state index in [0.717, 1.165) is 32.4 Å². The Morgan fingerprint density at radius 2 is 2.11 bits per heavy atom. The summed E-state index contributed by atoms with van der Waals surface area (Å²) in [5, 5.41) is 13.8. The van der Waals surface area contributed by atoms with Crippen LogP contribution in [0.3, 0.4) is 0 Å². The first-order chi connectivity index (χ1) is 13.5. The van der Waals surface area contributed by atoms with Crippen molar-refractivity contribution in [2.24, 2.45) is 0 Å². The highest BCUT2D eigenvalue weighted by atomic mass is 79.9. The van der Waals surface area contributed by atoms with E-state index in [0.29, 0.717) is 17.9 Å². The predicted octanol–water partition coefficient (Wildman–Crippen LogP) is 4.60. The van der Waals surface area contributed by atoms with Gasteiger partial charge in [0, 0.05) is 34.0 Å². The Bertz CT molecular complexity index is 1160. The Hall–Kier alpha value is -3.13. The van der Waals surface area contributed by atoms with Crippen molar-refractivity contribution in [3.63, 3.8) is 0 Å². The number of H-pyrrole nitrogens is 1. The van der Waals surface area contributed by atoms with E-state index in [-0.39, 0.29) is 11.6 Å². The van der Waals surface area contributed by atoms with Gasteiger partial charge in [0.2, 0.25) is 0 Å². The number of carbonyl (C=O) groups excluding carboxylic acids is 1. The molecule has 0 fully saturated rings. The van der Waals surface area contributed by atoms with E-state index in [1.165, 1.54) is 0 Å². The molecule has 0 unspecified atom stereocenters. The number of furan rings is 1. The lowest BCUT2D eigenvalue weighted by molar-refractivity contribution is 0.0946. The van der Waals surface area contributed by atoms with Gasteiger partial charge in [0.05, 0.1) is 17.8 Å². The molecule has 8 heteroatoms. The van der Waals surface area contributed by atoms with Crippen molar-refractivity contribution in [2.75, 3.05) is 5.32 Å². The number of fused-ring (bicyclic) bond motifs is 1. The summed E-state index contributed by atoms with van der Waals surface area (Å²) in [5.41, 5.74) is 4.69. The summed E-state index contributed by atoms with van der Waals surface area (Å²) in [6, 6.07) is 9.39. The van der Waals surface area contributed by atoms with Crippen LogP contribution in [0.4, 0.5) is 11.5 Å². The molecule has 3 N–H and O–H groups in total. The number of nitrogens with one attached hydrogen (secondary N) is 3. The highest BCUT2D eigenvalue weighted by Crippen LogP contribution is 2.28. The molecule has 142 valence electrons. The van der Waals surface area contributed by atoms with E-state index >= 15 is 0 Å². The number of hydrogen-bond acceptors (Lipinski definition) is 5. The fourth-order valence-electron chi connectivity index (χ4n) is 2.86. The SMILES string of the molecule is Cc1cc(Nc2nc(C(=O)NCc3cn[nH]c3C)cc3occc23)ccc1Br. The highest BCUT2D eigenvalue weighted by Gasteiger charge is 2.15. The molecule has 0 saturated heterocycles. The van der Waals surface area contributed by atoms with Crippen molar-refractivity contribution < 1.29 is 9.21 Å².